The summed E-state index contributed by atoms with van der Waals surface area (Å²) < 4.78 is 27.0. The Hall–Kier alpha value is -2.02. The minimum atomic E-state index is -0.991. The molecule has 1 aliphatic carbocycles. The van der Waals surface area contributed by atoms with Crippen LogP contribution in [-0.4, -0.2) is 59.0 Å². The van der Waals surface area contributed by atoms with E-state index >= 15 is 0 Å². The highest BCUT2D eigenvalue weighted by Gasteiger charge is 2.59. The van der Waals surface area contributed by atoms with Gasteiger partial charge in [0.05, 0.1) is 5.56 Å². The quantitative estimate of drug-likeness (QED) is 0.895. The first-order valence-corrected chi connectivity index (χ1v) is 9.12. The average Bonchev–Trinajstić information content (AvgIpc) is 3.28. The molecule has 0 radical (unpaired) electrons. The van der Waals surface area contributed by atoms with Crippen molar-refractivity contribution < 1.29 is 23.5 Å². The minimum Gasteiger partial charge on any atom is -0.481 e. The molecule has 0 unspecified atom stereocenters. The van der Waals surface area contributed by atoms with E-state index in [0.717, 1.165) is 25.0 Å². The molecule has 2 heterocycles. The molecule has 0 aromatic heterocycles. The van der Waals surface area contributed by atoms with Crippen LogP contribution in [0.4, 0.5) is 8.78 Å². The number of fused-ring (bicyclic) bond motifs is 1. The molecule has 26 heavy (non-hydrogen) atoms. The third-order valence-electron chi connectivity index (χ3n) is 6.35. The fourth-order valence-electron chi connectivity index (χ4n) is 4.94. The Kier molecular flexibility index (Phi) is 4.22. The maximum absolute atomic E-state index is 14.0. The van der Waals surface area contributed by atoms with E-state index in [0.29, 0.717) is 31.7 Å². The first-order chi connectivity index (χ1) is 12.4. The minimum absolute atomic E-state index is 0.0753. The van der Waals surface area contributed by atoms with Crippen LogP contribution < -0.4 is 0 Å². The van der Waals surface area contributed by atoms with Crippen molar-refractivity contribution in [2.45, 2.75) is 31.7 Å². The second-order valence-electron chi connectivity index (χ2n) is 7.84. The first-order valence-electron chi connectivity index (χ1n) is 9.12. The molecule has 140 valence electrons. The lowest BCUT2D eigenvalue weighted by atomic mass is 9.81. The normalized spacial score (nSPS) is 29.3. The standard InChI is InChI=1S/C19H22F2N2O3/c20-13-5-6-15(16(21)7-13)17(24)23-9-12-8-22(14-3-1-2-4-14)10-19(12,11-23)18(25)26/h5-7,12,14H,1-4,8-11H2,(H,25,26)/t12-,19-/m1/s1. The first kappa shape index (κ1) is 17.4. The molecule has 1 N–H and O–H groups in total. The number of rotatable bonds is 3. The van der Waals surface area contributed by atoms with E-state index in [4.69, 9.17) is 0 Å². The molecule has 5 nitrogen and oxygen atoms in total. The monoisotopic (exact) mass is 364 g/mol. The number of benzene rings is 1. The summed E-state index contributed by atoms with van der Waals surface area (Å²) in [6.45, 7) is 1.47. The zero-order valence-electron chi connectivity index (χ0n) is 14.5. The number of carboxylic acids is 1. The molecule has 1 saturated carbocycles. The van der Waals surface area contributed by atoms with E-state index in [1.165, 1.54) is 17.7 Å². The third kappa shape index (κ3) is 2.69. The highest BCUT2D eigenvalue weighted by molar-refractivity contribution is 5.95. The zero-order chi connectivity index (χ0) is 18.5. The van der Waals surface area contributed by atoms with Crippen LogP contribution in [0.3, 0.4) is 0 Å². The second-order valence-corrected chi connectivity index (χ2v) is 7.84. The van der Waals surface area contributed by atoms with Crippen molar-refractivity contribution in [2.24, 2.45) is 11.3 Å². The van der Waals surface area contributed by atoms with E-state index in [9.17, 15) is 23.5 Å². The van der Waals surface area contributed by atoms with Crippen LogP contribution in [0.15, 0.2) is 18.2 Å². The molecule has 2 atom stereocenters. The number of aliphatic carboxylic acids is 1. The Balaban J connectivity index is 1.54. The van der Waals surface area contributed by atoms with Gasteiger partial charge in [-0.15, -0.1) is 0 Å². The van der Waals surface area contributed by atoms with Crippen molar-refractivity contribution >= 4 is 11.9 Å². The predicted octanol–water partition coefficient (Wildman–Crippen LogP) is 2.37. The van der Waals surface area contributed by atoms with Crippen molar-refractivity contribution in [1.29, 1.82) is 0 Å². The number of carboxylic acid groups (broad SMARTS) is 1. The lowest BCUT2D eigenvalue weighted by Gasteiger charge is -2.28. The van der Waals surface area contributed by atoms with Crippen molar-refractivity contribution in [2.75, 3.05) is 26.2 Å². The largest absolute Gasteiger partial charge is 0.481 e. The third-order valence-corrected chi connectivity index (χ3v) is 6.35. The van der Waals surface area contributed by atoms with Gasteiger partial charge in [0.1, 0.15) is 17.0 Å². The number of likely N-dealkylation sites (tertiary alicyclic amines) is 2. The number of carbonyl (C=O) groups is 2. The molecule has 0 spiro atoms. The Labute approximate surface area is 150 Å². The fraction of sp³-hybridized carbons (Fsp3) is 0.579. The summed E-state index contributed by atoms with van der Waals surface area (Å²) in [6.07, 6.45) is 4.57. The highest BCUT2D eigenvalue weighted by atomic mass is 19.1. The van der Waals surface area contributed by atoms with E-state index < -0.39 is 28.9 Å². The number of carbonyl (C=O) groups excluding carboxylic acids is 1. The Morgan fingerprint density at radius 2 is 1.85 bits per heavy atom. The van der Waals surface area contributed by atoms with Gasteiger partial charge in [0.15, 0.2) is 0 Å². The Morgan fingerprint density at radius 1 is 1.12 bits per heavy atom. The van der Waals surface area contributed by atoms with Crippen molar-refractivity contribution in [3.8, 4) is 0 Å². The molecule has 1 aromatic rings. The Morgan fingerprint density at radius 3 is 2.46 bits per heavy atom. The molecule has 3 fully saturated rings. The SMILES string of the molecule is O=C(c1ccc(F)cc1F)N1C[C@H]2CN(C3CCCC3)C[C@@]2(C(=O)O)C1. The van der Waals surface area contributed by atoms with Crippen LogP contribution in [0.25, 0.3) is 0 Å². The molecule has 2 saturated heterocycles. The van der Waals surface area contributed by atoms with E-state index in [2.05, 4.69) is 4.90 Å². The molecule has 7 heteroatoms. The molecular weight excluding hydrogens is 342 g/mol. The average molecular weight is 364 g/mol. The van der Waals surface area contributed by atoms with Gasteiger partial charge < -0.3 is 10.0 Å². The number of hydrogen-bond acceptors (Lipinski definition) is 3. The van der Waals surface area contributed by atoms with Gasteiger partial charge >= 0.3 is 5.97 Å². The summed E-state index contributed by atoms with van der Waals surface area (Å²) in [6, 6.07) is 3.29. The van der Waals surface area contributed by atoms with Gasteiger partial charge in [0.25, 0.3) is 5.91 Å². The van der Waals surface area contributed by atoms with Gasteiger partial charge in [0, 0.05) is 44.2 Å². The van der Waals surface area contributed by atoms with Crippen LogP contribution in [-0.2, 0) is 4.79 Å². The number of amides is 1. The Bertz CT molecular complexity index is 750. The molecule has 3 aliphatic rings. The summed E-state index contributed by atoms with van der Waals surface area (Å²) in [4.78, 5) is 28.5. The molecule has 1 amide bonds. The predicted molar refractivity (Wildman–Crippen MR) is 89.6 cm³/mol. The fourth-order valence-corrected chi connectivity index (χ4v) is 4.94. The van der Waals surface area contributed by atoms with Gasteiger partial charge in [-0.2, -0.15) is 0 Å². The van der Waals surface area contributed by atoms with Gasteiger partial charge in [-0.25, -0.2) is 8.78 Å². The number of halogens is 2. The summed E-state index contributed by atoms with van der Waals surface area (Å²) in [5.41, 5.74) is -1.20. The molecule has 0 bridgehead atoms. The molecule has 1 aromatic carbocycles. The van der Waals surface area contributed by atoms with Gasteiger partial charge in [-0.05, 0) is 25.0 Å². The van der Waals surface area contributed by atoms with Crippen LogP contribution in [0.5, 0.6) is 0 Å². The highest BCUT2D eigenvalue weighted by Crippen LogP contribution is 2.45. The van der Waals surface area contributed by atoms with Gasteiger partial charge in [-0.3, -0.25) is 14.5 Å². The summed E-state index contributed by atoms with van der Waals surface area (Å²) in [5, 5.41) is 9.91. The maximum Gasteiger partial charge on any atom is 0.313 e. The molecular formula is C19H22F2N2O3. The van der Waals surface area contributed by atoms with E-state index in [1.54, 1.807) is 0 Å². The van der Waals surface area contributed by atoms with Gasteiger partial charge in [0.2, 0.25) is 0 Å². The van der Waals surface area contributed by atoms with Crippen LogP contribution in [0, 0.1) is 23.0 Å². The summed E-state index contributed by atoms with van der Waals surface area (Å²) >= 11 is 0. The van der Waals surface area contributed by atoms with E-state index in [-0.39, 0.29) is 18.0 Å². The maximum atomic E-state index is 14.0. The topological polar surface area (TPSA) is 60.9 Å². The van der Waals surface area contributed by atoms with Crippen molar-refractivity contribution in [3.05, 3.63) is 35.4 Å². The van der Waals surface area contributed by atoms with Crippen molar-refractivity contribution in [1.82, 2.24) is 9.80 Å². The van der Waals surface area contributed by atoms with Crippen LogP contribution in [0.1, 0.15) is 36.0 Å². The lowest BCUT2D eigenvalue weighted by Crippen LogP contribution is -2.43. The molecule has 2 aliphatic heterocycles. The summed E-state index contributed by atoms with van der Waals surface area (Å²) in [7, 11) is 0. The van der Waals surface area contributed by atoms with Crippen LogP contribution >= 0.6 is 0 Å². The molecule has 4 rings (SSSR count). The number of hydrogen-bond donors (Lipinski definition) is 1. The number of nitrogens with zero attached hydrogens (tertiary/aromatic N) is 2. The zero-order valence-corrected chi connectivity index (χ0v) is 14.5. The second kappa shape index (κ2) is 6.30. The summed E-state index contributed by atoms with van der Waals surface area (Å²) in [5.74, 6) is -3.27. The smallest absolute Gasteiger partial charge is 0.313 e. The van der Waals surface area contributed by atoms with Crippen molar-refractivity contribution in [3.63, 3.8) is 0 Å². The lowest BCUT2D eigenvalue weighted by molar-refractivity contribution is -0.148. The van der Waals surface area contributed by atoms with Crippen LogP contribution in [0.2, 0.25) is 0 Å². The van der Waals surface area contributed by atoms with Gasteiger partial charge in [-0.1, -0.05) is 12.8 Å². The van der Waals surface area contributed by atoms with E-state index in [1.807, 2.05) is 0 Å².